The van der Waals surface area contributed by atoms with E-state index in [2.05, 4.69) is 0 Å². The van der Waals surface area contributed by atoms with Gasteiger partial charge < -0.3 is 9.47 Å². The van der Waals surface area contributed by atoms with Crippen LogP contribution in [-0.4, -0.2) is 26.3 Å². The largest absolute Gasteiger partial charge is 0.353 e. The number of aldehydes is 1. The number of carbonyl (C=O) groups excluding carboxylic acids is 1. The summed E-state index contributed by atoms with van der Waals surface area (Å²) in [7, 11) is 3.28. The summed E-state index contributed by atoms with van der Waals surface area (Å²) in [5.74, 6) is 0.202. The van der Waals surface area contributed by atoms with Crippen molar-refractivity contribution in [3.8, 4) is 0 Å². The molecule has 2 aliphatic carbocycles. The molecule has 3 heteroatoms. The fraction of sp³-hybridized carbons (Fsp3) is 0.700. The second-order valence-electron chi connectivity index (χ2n) is 3.72. The number of allylic oxidation sites excluding steroid dienone is 1. The molecule has 1 saturated carbocycles. The van der Waals surface area contributed by atoms with Gasteiger partial charge >= 0.3 is 0 Å². The van der Waals surface area contributed by atoms with E-state index in [-0.39, 0.29) is 5.92 Å². The summed E-state index contributed by atoms with van der Waals surface area (Å²) in [4.78, 5) is 10.7. The molecule has 2 aliphatic rings. The van der Waals surface area contributed by atoms with Crippen LogP contribution in [0.1, 0.15) is 12.8 Å². The normalized spacial score (nSPS) is 34.8. The molecule has 1 fully saturated rings. The van der Waals surface area contributed by atoms with Crippen LogP contribution in [-0.2, 0) is 14.3 Å². The maximum atomic E-state index is 10.7. The highest BCUT2D eigenvalue weighted by atomic mass is 16.7. The van der Waals surface area contributed by atoms with Crippen molar-refractivity contribution in [2.75, 3.05) is 14.2 Å². The van der Waals surface area contributed by atoms with Crippen LogP contribution in [0.2, 0.25) is 0 Å². The quantitative estimate of drug-likeness (QED) is 0.485. The molecule has 0 saturated heterocycles. The van der Waals surface area contributed by atoms with Crippen LogP contribution in [0.15, 0.2) is 11.6 Å². The number of hydrogen-bond acceptors (Lipinski definition) is 3. The number of ether oxygens (including phenoxy) is 2. The zero-order valence-corrected chi connectivity index (χ0v) is 7.95. The summed E-state index contributed by atoms with van der Waals surface area (Å²) in [6.07, 6.45) is 4.82. The molecule has 0 amide bonds. The minimum atomic E-state index is -0.520. The number of fused-ring (bicyclic) bond motifs is 1. The molecule has 0 aromatic rings. The van der Waals surface area contributed by atoms with Crippen LogP contribution in [0.25, 0.3) is 0 Å². The first-order chi connectivity index (χ1) is 6.27. The Morgan fingerprint density at radius 2 is 2.23 bits per heavy atom. The summed E-state index contributed by atoms with van der Waals surface area (Å²) in [6.45, 7) is 0. The summed E-state index contributed by atoms with van der Waals surface area (Å²) in [6, 6.07) is 0. The number of hydrogen-bond donors (Lipinski definition) is 0. The highest BCUT2D eigenvalue weighted by Crippen LogP contribution is 2.55. The van der Waals surface area contributed by atoms with Crippen LogP contribution in [0.5, 0.6) is 0 Å². The van der Waals surface area contributed by atoms with Crippen LogP contribution in [0.4, 0.5) is 0 Å². The maximum Gasteiger partial charge on any atom is 0.175 e. The first-order valence-corrected chi connectivity index (χ1v) is 4.53. The van der Waals surface area contributed by atoms with Crippen molar-refractivity contribution in [2.45, 2.75) is 18.6 Å². The fourth-order valence-corrected chi connectivity index (χ4v) is 2.59. The van der Waals surface area contributed by atoms with Gasteiger partial charge in [0.05, 0.1) is 0 Å². The van der Waals surface area contributed by atoms with E-state index in [0.29, 0.717) is 5.92 Å². The van der Waals surface area contributed by atoms with E-state index in [0.717, 1.165) is 24.7 Å². The number of rotatable bonds is 3. The molecule has 13 heavy (non-hydrogen) atoms. The monoisotopic (exact) mass is 182 g/mol. The van der Waals surface area contributed by atoms with E-state index in [4.69, 9.17) is 9.47 Å². The standard InChI is InChI=1S/C10H14O3/c1-12-10(13-2)5-7-3-4-8(6-11)9(7)10/h4,6-7,9H,3,5H2,1-2H3/t7-,9+/m1/s1. The fourth-order valence-electron chi connectivity index (χ4n) is 2.59. The molecule has 0 bridgehead atoms. The van der Waals surface area contributed by atoms with Crippen LogP contribution in [0, 0.1) is 11.8 Å². The lowest BCUT2D eigenvalue weighted by Gasteiger charge is -2.50. The predicted octanol–water partition coefficient (Wildman–Crippen LogP) is 1.14. The van der Waals surface area contributed by atoms with E-state index in [1.165, 1.54) is 0 Å². The Kier molecular flexibility index (Phi) is 2.00. The van der Waals surface area contributed by atoms with Crippen molar-refractivity contribution in [1.29, 1.82) is 0 Å². The smallest absolute Gasteiger partial charge is 0.175 e. The Labute approximate surface area is 77.7 Å². The van der Waals surface area contributed by atoms with E-state index in [1.807, 2.05) is 6.08 Å². The minimum Gasteiger partial charge on any atom is -0.353 e. The van der Waals surface area contributed by atoms with Gasteiger partial charge in [0.1, 0.15) is 6.29 Å². The molecule has 0 heterocycles. The molecule has 3 nitrogen and oxygen atoms in total. The summed E-state index contributed by atoms with van der Waals surface area (Å²) in [5.41, 5.74) is 0.847. The van der Waals surface area contributed by atoms with E-state index < -0.39 is 5.79 Å². The molecule has 0 unspecified atom stereocenters. The SMILES string of the molecule is COC1(OC)C[C@H]2CC=C(C=O)[C@H]21. The van der Waals surface area contributed by atoms with Gasteiger partial charge in [-0.1, -0.05) is 6.08 Å². The molecule has 0 aromatic carbocycles. The van der Waals surface area contributed by atoms with Crippen LogP contribution >= 0.6 is 0 Å². The zero-order valence-electron chi connectivity index (χ0n) is 7.95. The lowest BCUT2D eigenvalue weighted by atomic mass is 9.67. The average Bonchev–Trinajstić information content (AvgIpc) is 2.47. The lowest BCUT2D eigenvalue weighted by Crippen LogP contribution is -2.55. The van der Waals surface area contributed by atoms with Gasteiger partial charge in [-0.15, -0.1) is 0 Å². The van der Waals surface area contributed by atoms with Gasteiger partial charge in [0.2, 0.25) is 0 Å². The molecular weight excluding hydrogens is 168 g/mol. The zero-order chi connectivity index (χ0) is 9.47. The third-order valence-corrected chi connectivity index (χ3v) is 3.33. The number of carbonyl (C=O) groups is 1. The number of methoxy groups -OCH3 is 2. The highest BCUT2D eigenvalue weighted by molar-refractivity contribution is 5.76. The van der Waals surface area contributed by atoms with Gasteiger partial charge in [-0.2, -0.15) is 0 Å². The lowest BCUT2D eigenvalue weighted by molar-refractivity contribution is -0.296. The van der Waals surface area contributed by atoms with Gasteiger partial charge in [-0.3, -0.25) is 4.79 Å². The van der Waals surface area contributed by atoms with Crippen molar-refractivity contribution < 1.29 is 14.3 Å². The Hall–Kier alpha value is -0.670. The van der Waals surface area contributed by atoms with Crippen molar-refractivity contribution >= 4 is 6.29 Å². The van der Waals surface area contributed by atoms with Gasteiger partial charge in [0, 0.05) is 26.6 Å². The molecule has 0 aromatic heterocycles. The highest BCUT2D eigenvalue weighted by Gasteiger charge is 2.58. The Bertz CT molecular complexity index is 253. The molecule has 0 N–H and O–H groups in total. The van der Waals surface area contributed by atoms with Gasteiger partial charge in [0.15, 0.2) is 5.79 Å². The van der Waals surface area contributed by atoms with Crippen molar-refractivity contribution in [1.82, 2.24) is 0 Å². The third-order valence-electron chi connectivity index (χ3n) is 3.33. The van der Waals surface area contributed by atoms with E-state index >= 15 is 0 Å². The van der Waals surface area contributed by atoms with E-state index in [9.17, 15) is 4.79 Å². The van der Waals surface area contributed by atoms with Crippen LogP contribution in [0.3, 0.4) is 0 Å². The Morgan fingerprint density at radius 3 is 2.77 bits per heavy atom. The average molecular weight is 182 g/mol. The Balaban J connectivity index is 2.20. The summed E-state index contributed by atoms with van der Waals surface area (Å²) in [5, 5.41) is 0. The van der Waals surface area contributed by atoms with Crippen molar-refractivity contribution in [3.05, 3.63) is 11.6 Å². The van der Waals surface area contributed by atoms with Gasteiger partial charge in [-0.25, -0.2) is 0 Å². The molecular formula is C10H14O3. The summed E-state index contributed by atoms with van der Waals surface area (Å²) < 4.78 is 10.7. The minimum absolute atomic E-state index is 0.167. The van der Waals surface area contributed by atoms with Crippen molar-refractivity contribution in [3.63, 3.8) is 0 Å². The molecule has 0 radical (unpaired) electrons. The summed E-state index contributed by atoms with van der Waals surface area (Å²) >= 11 is 0. The first kappa shape index (κ1) is 8.91. The first-order valence-electron chi connectivity index (χ1n) is 4.53. The molecule has 0 spiro atoms. The maximum absolute atomic E-state index is 10.7. The van der Waals surface area contributed by atoms with Gasteiger partial charge in [-0.05, 0) is 17.9 Å². The molecule has 2 atom stereocenters. The molecule has 0 aliphatic heterocycles. The van der Waals surface area contributed by atoms with Crippen LogP contribution < -0.4 is 0 Å². The topological polar surface area (TPSA) is 35.5 Å². The molecule has 2 rings (SSSR count). The predicted molar refractivity (Wildman–Crippen MR) is 47.1 cm³/mol. The second-order valence-corrected chi connectivity index (χ2v) is 3.72. The second kappa shape index (κ2) is 2.93. The third kappa shape index (κ3) is 1.00. The Morgan fingerprint density at radius 1 is 1.54 bits per heavy atom. The van der Waals surface area contributed by atoms with Crippen molar-refractivity contribution in [2.24, 2.45) is 11.8 Å². The van der Waals surface area contributed by atoms with E-state index in [1.54, 1.807) is 14.2 Å². The van der Waals surface area contributed by atoms with Gasteiger partial charge in [0.25, 0.3) is 0 Å². The molecule has 72 valence electrons.